The van der Waals surface area contributed by atoms with Gasteiger partial charge in [0.2, 0.25) is 0 Å². The van der Waals surface area contributed by atoms with Crippen LogP contribution in [0.2, 0.25) is 0 Å². The van der Waals surface area contributed by atoms with Crippen molar-refractivity contribution in [2.45, 2.75) is 27.7 Å². The quantitative estimate of drug-likeness (QED) is 0.760. The van der Waals surface area contributed by atoms with Crippen LogP contribution in [0.3, 0.4) is 0 Å². The molecule has 0 heterocycles. The van der Waals surface area contributed by atoms with Gasteiger partial charge in [0.25, 0.3) is 5.91 Å². The second-order valence-corrected chi connectivity index (χ2v) is 5.99. The highest BCUT2D eigenvalue weighted by Gasteiger charge is 2.27. The molecular formula is C17H23NO4. The molecule has 0 atom stereocenters. The molecule has 0 radical (unpaired) electrons. The highest BCUT2D eigenvalue weighted by molar-refractivity contribution is 5.94. The molecule has 1 aromatic rings. The summed E-state index contributed by atoms with van der Waals surface area (Å²) < 4.78 is 5.54. The third-order valence-corrected chi connectivity index (χ3v) is 3.11. The van der Waals surface area contributed by atoms with Gasteiger partial charge in [0.1, 0.15) is 12.4 Å². The monoisotopic (exact) mass is 305 g/mol. The zero-order valence-electron chi connectivity index (χ0n) is 13.5. The van der Waals surface area contributed by atoms with Crippen LogP contribution in [0.1, 0.15) is 38.1 Å². The molecule has 0 aliphatic heterocycles. The Labute approximate surface area is 131 Å². The number of carbonyl (C=O) groups excluding carboxylic acids is 1. The van der Waals surface area contributed by atoms with Crippen molar-refractivity contribution < 1.29 is 19.4 Å². The van der Waals surface area contributed by atoms with Crippen LogP contribution >= 0.6 is 0 Å². The normalized spacial score (nSPS) is 10.7. The molecule has 120 valence electrons. The molecule has 1 amide bonds. The van der Waals surface area contributed by atoms with E-state index in [1.165, 1.54) is 0 Å². The summed E-state index contributed by atoms with van der Waals surface area (Å²) in [6.07, 6.45) is 1.95. The first-order chi connectivity index (χ1) is 10.2. The third-order valence-electron chi connectivity index (χ3n) is 3.11. The fraction of sp³-hybridized carbons (Fsp3) is 0.412. The second kappa shape index (κ2) is 7.64. The molecule has 5 heteroatoms. The topological polar surface area (TPSA) is 75.6 Å². The van der Waals surface area contributed by atoms with Gasteiger partial charge in [0.15, 0.2) is 0 Å². The molecule has 0 saturated carbocycles. The number of carboxylic acids is 1. The predicted octanol–water partition coefficient (Wildman–Crippen LogP) is 2.87. The first-order valence-corrected chi connectivity index (χ1v) is 7.10. The summed E-state index contributed by atoms with van der Waals surface area (Å²) >= 11 is 0. The van der Waals surface area contributed by atoms with Gasteiger partial charge < -0.3 is 15.2 Å². The van der Waals surface area contributed by atoms with Crippen molar-refractivity contribution in [1.29, 1.82) is 0 Å². The van der Waals surface area contributed by atoms with E-state index in [0.29, 0.717) is 17.9 Å². The molecule has 22 heavy (non-hydrogen) atoms. The molecule has 0 unspecified atom stereocenters. The number of amides is 1. The standard InChI is InChI=1S/C17H23NO4/c1-12(2)8-9-22-14-7-5-6-13(10-14)15(19)18-11-17(3,4)16(20)21/h5-8,10H,9,11H2,1-4H3,(H,18,19)(H,20,21). The van der Waals surface area contributed by atoms with Gasteiger partial charge in [0.05, 0.1) is 5.41 Å². The summed E-state index contributed by atoms with van der Waals surface area (Å²) in [6.45, 7) is 7.60. The van der Waals surface area contributed by atoms with Crippen LogP contribution in [-0.4, -0.2) is 30.1 Å². The molecule has 0 aliphatic rings. The number of allylic oxidation sites excluding steroid dienone is 1. The van der Waals surface area contributed by atoms with Crippen LogP contribution in [0, 0.1) is 5.41 Å². The van der Waals surface area contributed by atoms with Crippen molar-refractivity contribution in [1.82, 2.24) is 5.32 Å². The molecule has 0 fully saturated rings. The summed E-state index contributed by atoms with van der Waals surface area (Å²) in [5, 5.41) is 11.7. The lowest BCUT2D eigenvalue weighted by Crippen LogP contribution is -2.38. The lowest BCUT2D eigenvalue weighted by atomic mass is 9.94. The smallest absolute Gasteiger partial charge is 0.310 e. The predicted molar refractivity (Wildman–Crippen MR) is 85.1 cm³/mol. The van der Waals surface area contributed by atoms with Crippen molar-refractivity contribution in [3.8, 4) is 5.75 Å². The molecule has 0 aromatic heterocycles. The van der Waals surface area contributed by atoms with Gasteiger partial charge in [0, 0.05) is 12.1 Å². The number of ether oxygens (including phenoxy) is 1. The number of carboxylic acid groups (broad SMARTS) is 1. The van der Waals surface area contributed by atoms with E-state index in [1.54, 1.807) is 38.1 Å². The number of benzene rings is 1. The lowest BCUT2D eigenvalue weighted by Gasteiger charge is -2.19. The highest BCUT2D eigenvalue weighted by atomic mass is 16.5. The number of carbonyl (C=O) groups is 2. The number of hydrogen-bond donors (Lipinski definition) is 2. The average molecular weight is 305 g/mol. The fourth-order valence-corrected chi connectivity index (χ4v) is 1.51. The summed E-state index contributed by atoms with van der Waals surface area (Å²) in [6, 6.07) is 6.81. The minimum absolute atomic E-state index is 0.0595. The van der Waals surface area contributed by atoms with Gasteiger partial charge in [-0.2, -0.15) is 0 Å². The maximum atomic E-state index is 12.1. The van der Waals surface area contributed by atoms with E-state index in [-0.39, 0.29) is 12.5 Å². The third kappa shape index (κ3) is 5.60. The minimum atomic E-state index is -1.01. The zero-order chi connectivity index (χ0) is 16.8. The molecule has 2 N–H and O–H groups in total. The van der Waals surface area contributed by atoms with E-state index in [9.17, 15) is 9.59 Å². The van der Waals surface area contributed by atoms with E-state index >= 15 is 0 Å². The Balaban J connectivity index is 2.66. The Morgan fingerprint density at radius 3 is 2.59 bits per heavy atom. The largest absolute Gasteiger partial charge is 0.490 e. The summed E-state index contributed by atoms with van der Waals surface area (Å²) in [4.78, 5) is 23.1. The van der Waals surface area contributed by atoms with Crippen molar-refractivity contribution in [2.75, 3.05) is 13.2 Å². The summed E-state index contributed by atoms with van der Waals surface area (Å²) in [7, 11) is 0. The van der Waals surface area contributed by atoms with Crippen molar-refractivity contribution in [3.63, 3.8) is 0 Å². The highest BCUT2D eigenvalue weighted by Crippen LogP contribution is 2.16. The van der Waals surface area contributed by atoms with E-state index < -0.39 is 11.4 Å². The van der Waals surface area contributed by atoms with E-state index in [0.717, 1.165) is 5.57 Å². The second-order valence-electron chi connectivity index (χ2n) is 5.99. The average Bonchev–Trinajstić information content (AvgIpc) is 2.44. The van der Waals surface area contributed by atoms with Gasteiger partial charge in [-0.1, -0.05) is 11.6 Å². The van der Waals surface area contributed by atoms with Crippen LogP contribution < -0.4 is 10.1 Å². The first-order valence-electron chi connectivity index (χ1n) is 7.10. The Kier molecular flexibility index (Phi) is 6.16. The van der Waals surface area contributed by atoms with Crippen molar-refractivity contribution in [3.05, 3.63) is 41.5 Å². The number of aliphatic carboxylic acids is 1. The SMILES string of the molecule is CC(C)=CCOc1cccc(C(=O)NCC(C)(C)C(=O)O)c1. The summed E-state index contributed by atoms with van der Waals surface area (Å²) in [5.41, 5.74) is 0.591. The zero-order valence-corrected chi connectivity index (χ0v) is 13.5. The van der Waals surface area contributed by atoms with E-state index in [1.807, 2.05) is 19.9 Å². The fourth-order valence-electron chi connectivity index (χ4n) is 1.51. The van der Waals surface area contributed by atoms with Gasteiger partial charge in [-0.05, 0) is 52.0 Å². The molecule has 1 rings (SSSR count). The van der Waals surface area contributed by atoms with E-state index in [4.69, 9.17) is 9.84 Å². The van der Waals surface area contributed by atoms with Gasteiger partial charge in [-0.3, -0.25) is 9.59 Å². The van der Waals surface area contributed by atoms with Crippen LogP contribution in [0.5, 0.6) is 5.75 Å². The van der Waals surface area contributed by atoms with Crippen LogP contribution in [0.15, 0.2) is 35.9 Å². The van der Waals surface area contributed by atoms with Crippen LogP contribution in [-0.2, 0) is 4.79 Å². The maximum absolute atomic E-state index is 12.1. The minimum Gasteiger partial charge on any atom is -0.490 e. The Hall–Kier alpha value is -2.30. The molecule has 5 nitrogen and oxygen atoms in total. The van der Waals surface area contributed by atoms with Gasteiger partial charge >= 0.3 is 5.97 Å². The molecule has 0 spiro atoms. The number of nitrogens with one attached hydrogen (secondary N) is 1. The van der Waals surface area contributed by atoms with Gasteiger partial charge in [-0.15, -0.1) is 0 Å². The molecule has 0 aliphatic carbocycles. The van der Waals surface area contributed by atoms with Crippen molar-refractivity contribution >= 4 is 11.9 Å². The van der Waals surface area contributed by atoms with Crippen LogP contribution in [0.25, 0.3) is 0 Å². The van der Waals surface area contributed by atoms with Crippen molar-refractivity contribution in [2.24, 2.45) is 5.41 Å². The molecule has 1 aromatic carbocycles. The van der Waals surface area contributed by atoms with Crippen LogP contribution in [0.4, 0.5) is 0 Å². The molecule has 0 bridgehead atoms. The maximum Gasteiger partial charge on any atom is 0.310 e. The number of rotatable bonds is 7. The Morgan fingerprint density at radius 2 is 2.00 bits per heavy atom. The summed E-state index contributed by atoms with van der Waals surface area (Å²) in [5.74, 6) is -0.670. The Morgan fingerprint density at radius 1 is 1.32 bits per heavy atom. The Bertz CT molecular complexity index is 572. The van der Waals surface area contributed by atoms with E-state index in [2.05, 4.69) is 5.32 Å². The first kappa shape index (κ1) is 17.8. The molecule has 0 saturated heterocycles. The number of hydrogen-bond acceptors (Lipinski definition) is 3. The lowest BCUT2D eigenvalue weighted by molar-refractivity contribution is -0.146. The molecular weight excluding hydrogens is 282 g/mol. The van der Waals surface area contributed by atoms with Gasteiger partial charge in [-0.25, -0.2) is 0 Å².